The highest BCUT2D eigenvalue weighted by atomic mass is 19.3. The van der Waals surface area contributed by atoms with Gasteiger partial charge in [0, 0.05) is 13.6 Å². The first-order valence-electron chi connectivity index (χ1n) is 10.3. The summed E-state index contributed by atoms with van der Waals surface area (Å²) in [5, 5.41) is 2.69. The first-order chi connectivity index (χ1) is 14.8. The molecule has 170 valence electrons. The molecule has 0 unspecified atom stereocenters. The lowest BCUT2D eigenvalue weighted by Gasteiger charge is -2.35. The van der Waals surface area contributed by atoms with E-state index in [1.165, 1.54) is 18.1 Å². The van der Waals surface area contributed by atoms with E-state index in [0.717, 1.165) is 29.7 Å². The largest absolute Gasteiger partial charge is 0.493 e. The number of benzene rings is 1. The van der Waals surface area contributed by atoms with Crippen molar-refractivity contribution in [2.24, 2.45) is 0 Å². The third kappa shape index (κ3) is 4.72. The molecule has 0 bridgehead atoms. The van der Waals surface area contributed by atoms with Crippen LogP contribution in [-0.4, -0.2) is 67.0 Å². The van der Waals surface area contributed by atoms with Crippen molar-refractivity contribution < 1.29 is 32.6 Å². The van der Waals surface area contributed by atoms with E-state index in [4.69, 9.17) is 4.74 Å². The second kappa shape index (κ2) is 9.49. The van der Waals surface area contributed by atoms with Gasteiger partial charge in [-0.25, -0.2) is 4.79 Å². The number of likely N-dealkylation sites (N-methyl/N-ethyl adjacent to an activating group) is 1. The number of nitrogens with one attached hydrogen (secondary N) is 1. The molecule has 10 heteroatoms. The minimum atomic E-state index is -2.96. The zero-order chi connectivity index (χ0) is 22.6. The normalized spacial score (nSPS) is 18.1. The van der Waals surface area contributed by atoms with Crippen LogP contribution in [0.15, 0.2) is 18.2 Å². The maximum absolute atomic E-state index is 12.9. The van der Waals surface area contributed by atoms with Gasteiger partial charge in [0.1, 0.15) is 12.1 Å². The van der Waals surface area contributed by atoms with Gasteiger partial charge in [-0.3, -0.25) is 14.5 Å². The Labute approximate surface area is 179 Å². The van der Waals surface area contributed by atoms with Crippen LogP contribution in [0.25, 0.3) is 0 Å². The lowest BCUT2D eigenvalue weighted by molar-refractivity contribution is -0.137. The number of rotatable bonds is 8. The molecule has 2 fully saturated rings. The number of amides is 4. The third-order valence-electron chi connectivity index (χ3n) is 5.97. The Balaban J connectivity index is 1.54. The number of alkyl halides is 2. The van der Waals surface area contributed by atoms with E-state index in [1.54, 1.807) is 19.2 Å². The van der Waals surface area contributed by atoms with E-state index in [2.05, 4.69) is 10.1 Å². The molecule has 4 amide bonds. The molecule has 1 saturated heterocycles. The smallest absolute Gasteiger partial charge is 0.387 e. The van der Waals surface area contributed by atoms with E-state index in [-0.39, 0.29) is 30.5 Å². The van der Waals surface area contributed by atoms with Gasteiger partial charge in [0.25, 0.3) is 5.91 Å². The number of carbonyl (C=O) groups excluding carboxylic acids is 3. The maximum Gasteiger partial charge on any atom is 0.387 e. The minimum Gasteiger partial charge on any atom is -0.493 e. The Morgan fingerprint density at radius 3 is 2.55 bits per heavy atom. The molecule has 2 aliphatic rings. The molecule has 1 aromatic carbocycles. The molecule has 31 heavy (non-hydrogen) atoms. The Morgan fingerprint density at radius 2 is 1.90 bits per heavy atom. The third-order valence-corrected chi connectivity index (χ3v) is 5.97. The van der Waals surface area contributed by atoms with Crippen LogP contribution in [0.3, 0.4) is 0 Å². The fourth-order valence-corrected chi connectivity index (χ4v) is 4.28. The Kier molecular flexibility index (Phi) is 6.97. The molecule has 1 aliphatic carbocycles. The minimum absolute atomic E-state index is 0.0721. The molecule has 1 spiro atoms. The van der Waals surface area contributed by atoms with Gasteiger partial charge in [-0.2, -0.15) is 8.78 Å². The van der Waals surface area contributed by atoms with Crippen molar-refractivity contribution >= 4 is 17.8 Å². The van der Waals surface area contributed by atoms with Gasteiger partial charge in [-0.1, -0.05) is 25.3 Å². The number of carbonyl (C=O) groups is 3. The van der Waals surface area contributed by atoms with Crippen molar-refractivity contribution in [1.82, 2.24) is 15.1 Å². The van der Waals surface area contributed by atoms with Gasteiger partial charge < -0.3 is 19.7 Å². The fraction of sp³-hybridized carbons (Fsp3) is 0.571. The van der Waals surface area contributed by atoms with Gasteiger partial charge in [0.05, 0.1) is 7.11 Å². The summed E-state index contributed by atoms with van der Waals surface area (Å²) in [5.74, 6) is -0.642. The summed E-state index contributed by atoms with van der Waals surface area (Å²) in [6.45, 7) is -3.04. The molecule has 0 atom stereocenters. The second-order valence-electron chi connectivity index (χ2n) is 7.79. The van der Waals surface area contributed by atoms with Gasteiger partial charge in [-0.05, 0) is 37.0 Å². The summed E-state index contributed by atoms with van der Waals surface area (Å²) >= 11 is 0. The highest BCUT2D eigenvalue weighted by molar-refractivity contribution is 6.08. The average molecular weight is 439 g/mol. The first kappa shape index (κ1) is 22.8. The van der Waals surface area contributed by atoms with Crippen LogP contribution in [0.4, 0.5) is 13.6 Å². The van der Waals surface area contributed by atoms with Crippen molar-refractivity contribution in [3.8, 4) is 11.5 Å². The molecule has 0 radical (unpaired) electrons. The highest BCUT2D eigenvalue weighted by Gasteiger charge is 2.55. The summed E-state index contributed by atoms with van der Waals surface area (Å²) in [5.41, 5.74) is -0.0678. The van der Waals surface area contributed by atoms with E-state index in [9.17, 15) is 23.2 Å². The summed E-state index contributed by atoms with van der Waals surface area (Å²) in [4.78, 5) is 40.4. The van der Waals surface area contributed by atoms with Crippen LogP contribution in [0.5, 0.6) is 11.5 Å². The zero-order valence-corrected chi connectivity index (χ0v) is 17.7. The van der Waals surface area contributed by atoms with Gasteiger partial charge in [-0.15, -0.1) is 0 Å². The number of hydrogen-bond acceptors (Lipinski definition) is 5. The summed E-state index contributed by atoms with van der Waals surface area (Å²) in [6.07, 6.45) is 4.46. The summed E-state index contributed by atoms with van der Waals surface area (Å²) in [7, 11) is 2.97. The van der Waals surface area contributed by atoms with Crippen molar-refractivity contribution in [3.05, 3.63) is 23.8 Å². The average Bonchev–Trinajstić information content (AvgIpc) is 2.91. The van der Waals surface area contributed by atoms with E-state index in [0.29, 0.717) is 19.3 Å². The molecule has 1 heterocycles. The Hall–Kier alpha value is -2.91. The number of halogens is 2. The van der Waals surface area contributed by atoms with Crippen molar-refractivity contribution in [3.63, 3.8) is 0 Å². The zero-order valence-electron chi connectivity index (χ0n) is 17.7. The number of hydrogen-bond donors (Lipinski definition) is 1. The van der Waals surface area contributed by atoms with E-state index < -0.39 is 24.1 Å². The molecular weight excluding hydrogens is 412 g/mol. The molecule has 0 aromatic heterocycles. The fourth-order valence-electron chi connectivity index (χ4n) is 4.28. The number of urea groups is 1. The summed E-state index contributed by atoms with van der Waals surface area (Å²) in [6, 6.07) is 4.09. The molecule has 1 saturated carbocycles. The Bertz CT molecular complexity index is 842. The van der Waals surface area contributed by atoms with Gasteiger partial charge >= 0.3 is 12.6 Å². The van der Waals surface area contributed by atoms with Crippen molar-refractivity contribution in [2.45, 2.75) is 50.7 Å². The second-order valence-corrected chi connectivity index (χ2v) is 7.79. The topological polar surface area (TPSA) is 88.2 Å². The number of ether oxygens (including phenoxy) is 2. The monoisotopic (exact) mass is 439 g/mol. The van der Waals surface area contributed by atoms with E-state index in [1.807, 2.05) is 0 Å². The first-order valence-corrected chi connectivity index (χ1v) is 10.3. The van der Waals surface area contributed by atoms with Crippen molar-refractivity contribution in [2.75, 3.05) is 27.2 Å². The van der Waals surface area contributed by atoms with Crippen LogP contribution in [0, 0.1) is 0 Å². The number of imide groups is 1. The predicted molar refractivity (Wildman–Crippen MR) is 107 cm³/mol. The van der Waals surface area contributed by atoms with Crippen LogP contribution in [0.2, 0.25) is 0 Å². The lowest BCUT2D eigenvalue weighted by Crippen LogP contribution is -2.49. The van der Waals surface area contributed by atoms with Crippen LogP contribution in [0.1, 0.15) is 37.7 Å². The quantitative estimate of drug-likeness (QED) is 0.629. The number of nitrogens with zero attached hydrogens (tertiary/aromatic N) is 2. The van der Waals surface area contributed by atoms with Crippen LogP contribution in [-0.2, 0) is 16.0 Å². The van der Waals surface area contributed by atoms with Crippen LogP contribution >= 0.6 is 0 Å². The standard InChI is InChI=1S/C21H27F2N3O5/c1-25-20(29)26(18(28)21(25)9-4-3-5-10-21)13-17(27)24-11-8-14-6-7-15(31-19(22)23)16(12-14)30-2/h6-7,12,19H,3-5,8-11,13H2,1-2H3,(H,24,27). The van der Waals surface area contributed by atoms with Crippen LogP contribution < -0.4 is 14.8 Å². The highest BCUT2D eigenvalue weighted by Crippen LogP contribution is 2.39. The molecule has 1 aromatic rings. The predicted octanol–water partition coefficient (Wildman–Crippen LogP) is 2.55. The molecule has 1 aliphatic heterocycles. The number of methoxy groups -OCH3 is 1. The lowest BCUT2D eigenvalue weighted by atomic mass is 9.81. The molecule has 1 N–H and O–H groups in total. The summed E-state index contributed by atoms with van der Waals surface area (Å²) < 4.78 is 34.3. The molecular formula is C21H27F2N3O5. The Morgan fingerprint density at radius 1 is 1.19 bits per heavy atom. The SMILES string of the molecule is COc1cc(CCNC(=O)CN2C(=O)N(C)C3(CCCCC3)C2=O)ccc1OC(F)F. The molecule has 3 rings (SSSR count). The van der Waals surface area contributed by atoms with Crippen molar-refractivity contribution in [1.29, 1.82) is 0 Å². The maximum atomic E-state index is 12.9. The van der Waals surface area contributed by atoms with Gasteiger partial charge in [0.2, 0.25) is 5.91 Å². The van der Waals surface area contributed by atoms with Gasteiger partial charge in [0.15, 0.2) is 11.5 Å². The molecule has 8 nitrogen and oxygen atoms in total. The van der Waals surface area contributed by atoms with E-state index >= 15 is 0 Å².